The molecule has 1 saturated heterocycles. The minimum Gasteiger partial charge on any atom is -0.346 e. The lowest BCUT2D eigenvalue weighted by Gasteiger charge is -2.23. The van der Waals surface area contributed by atoms with Crippen molar-refractivity contribution in [1.29, 1.82) is 0 Å². The van der Waals surface area contributed by atoms with Gasteiger partial charge >= 0.3 is 6.03 Å². The summed E-state index contributed by atoms with van der Waals surface area (Å²) >= 11 is 1.07. The molecule has 0 spiro atoms. The summed E-state index contributed by atoms with van der Waals surface area (Å²) in [5, 5.41) is 14.3. The molecule has 8 nitrogen and oxygen atoms in total. The number of benzene rings is 2. The summed E-state index contributed by atoms with van der Waals surface area (Å²) in [6.45, 7) is 4.08. The molecular formula is C25H25N5O3S. The Bertz CT molecular complexity index is 1290. The first-order valence-corrected chi connectivity index (χ1v) is 12.1. The van der Waals surface area contributed by atoms with Gasteiger partial charge in [0.1, 0.15) is 10.5 Å². The van der Waals surface area contributed by atoms with Crippen molar-refractivity contribution in [1.82, 2.24) is 25.7 Å². The molecule has 0 radical (unpaired) electrons. The van der Waals surface area contributed by atoms with Crippen LogP contribution in [0.1, 0.15) is 56.0 Å². The van der Waals surface area contributed by atoms with E-state index in [9.17, 15) is 14.4 Å². The molecule has 174 valence electrons. The number of aromatic nitrogens is 2. The van der Waals surface area contributed by atoms with Gasteiger partial charge in [0.25, 0.3) is 11.8 Å². The highest BCUT2D eigenvalue weighted by molar-refractivity contribution is 7.13. The van der Waals surface area contributed by atoms with Gasteiger partial charge in [-0.1, -0.05) is 59.4 Å². The Kier molecular flexibility index (Phi) is 5.65. The number of carbonyl (C=O) groups excluding carboxylic acids is 3. The maximum atomic E-state index is 13.3. The molecule has 1 unspecified atom stereocenters. The zero-order valence-electron chi connectivity index (χ0n) is 19.1. The molecule has 3 aromatic rings. The van der Waals surface area contributed by atoms with Crippen LogP contribution < -0.4 is 10.6 Å². The van der Waals surface area contributed by atoms with Crippen molar-refractivity contribution in [2.24, 2.45) is 0 Å². The van der Waals surface area contributed by atoms with Crippen LogP contribution >= 0.6 is 11.3 Å². The number of carbonyl (C=O) groups is 3. The number of amides is 4. The smallest absolute Gasteiger partial charge is 0.325 e. The average molecular weight is 476 g/mol. The second-order valence-electron chi connectivity index (χ2n) is 8.95. The normalized spacial score (nSPS) is 19.3. The molecule has 2 aromatic carbocycles. The van der Waals surface area contributed by atoms with Crippen molar-refractivity contribution < 1.29 is 14.4 Å². The highest BCUT2D eigenvalue weighted by Gasteiger charge is 2.49. The van der Waals surface area contributed by atoms with Gasteiger partial charge in [-0.25, -0.2) is 4.79 Å². The highest BCUT2D eigenvalue weighted by atomic mass is 32.1. The number of hydrogen-bond donors (Lipinski definition) is 2. The van der Waals surface area contributed by atoms with E-state index in [1.54, 1.807) is 6.92 Å². The number of fused-ring (bicyclic) bond motifs is 1. The predicted octanol–water partition coefficient (Wildman–Crippen LogP) is 3.23. The van der Waals surface area contributed by atoms with Crippen LogP contribution in [0.4, 0.5) is 4.79 Å². The van der Waals surface area contributed by atoms with Crippen LogP contribution in [-0.4, -0.2) is 32.9 Å². The van der Waals surface area contributed by atoms with Crippen molar-refractivity contribution in [3.63, 3.8) is 0 Å². The first-order valence-electron chi connectivity index (χ1n) is 11.3. The first-order chi connectivity index (χ1) is 16.3. The van der Waals surface area contributed by atoms with Gasteiger partial charge in [0, 0.05) is 6.54 Å². The number of nitrogens with zero attached hydrogens (tertiary/aromatic N) is 3. The van der Waals surface area contributed by atoms with Gasteiger partial charge in [-0.2, -0.15) is 0 Å². The quantitative estimate of drug-likeness (QED) is 0.533. The average Bonchev–Trinajstić information content (AvgIpc) is 3.54. The summed E-state index contributed by atoms with van der Waals surface area (Å²) in [6.07, 6.45) is 3.15. The van der Waals surface area contributed by atoms with Crippen LogP contribution in [0, 0.1) is 6.92 Å². The minimum absolute atomic E-state index is 0.0336. The van der Waals surface area contributed by atoms with Gasteiger partial charge in [0.05, 0.1) is 6.54 Å². The number of hydrogen-bond acceptors (Lipinski definition) is 6. The molecule has 1 atom stereocenters. The van der Waals surface area contributed by atoms with Crippen LogP contribution in [0.25, 0.3) is 0 Å². The summed E-state index contributed by atoms with van der Waals surface area (Å²) < 4.78 is 0. The van der Waals surface area contributed by atoms with E-state index in [0.717, 1.165) is 52.2 Å². The van der Waals surface area contributed by atoms with E-state index >= 15 is 0 Å². The van der Waals surface area contributed by atoms with Crippen LogP contribution in [0.15, 0.2) is 42.5 Å². The Morgan fingerprint density at radius 3 is 2.68 bits per heavy atom. The fourth-order valence-electron chi connectivity index (χ4n) is 4.43. The molecule has 0 saturated carbocycles. The van der Waals surface area contributed by atoms with E-state index in [0.29, 0.717) is 11.6 Å². The van der Waals surface area contributed by atoms with E-state index in [1.807, 2.05) is 43.3 Å². The Morgan fingerprint density at radius 1 is 1.12 bits per heavy atom. The van der Waals surface area contributed by atoms with Crippen molar-refractivity contribution in [2.75, 3.05) is 0 Å². The Morgan fingerprint density at radius 2 is 1.88 bits per heavy atom. The number of rotatable bonds is 6. The number of urea groups is 1. The Balaban J connectivity index is 1.26. The second-order valence-corrected chi connectivity index (χ2v) is 10.0. The predicted molar refractivity (Wildman–Crippen MR) is 127 cm³/mol. The lowest BCUT2D eigenvalue weighted by molar-refractivity contribution is -0.131. The molecule has 1 fully saturated rings. The van der Waals surface area contributed by atoms with E-state index in [1.165, 1.54) is 11.1 Å². The fraction of sp³-hybridized carbons (Fsp3) is 0.320. The molecule has 1 aliphatic carbocycles. The molecule has 1 aromatic heterocycles. The lowest BCUT2D eigenvalue weighted by Crippen LogP contribution is -2.40. The van der Waals surface area contributed by atoms with Crippen LogP contribution in [0.2, 0.25) is 0 Å². The summed E-state index contributed by atoms with van der Waals surface area (Å²) in [5.74, 6) is -0.680. The minimum atomic E-state index is -1.13. The summed E-state index contributed by atoms with van der Waals surface area (Å²) in [6, 6.07) is 13.4. The summed E-state index contributed by atoms with van der Waals surface area (Å²) in [5.41, 5.74) is 4.33. The van der Waals surface area contributed by atoms with Gasteiger partial charge in [-0.05, 0) is 55.4 Å². The van der Waals surface area contributed by atoms with E-state index < -0.39 is 11.6 Å². The van der Waals surface area contributed by atoms with Gasteiger partial charge in [-0.15, -0.1) is 10.2 Å². The first kappa shape index (κ1) is 22.2. The number of nitrogens with one attached hydrogen (secondary N) is 2. The molecule has 5 rings (SSSR count). The third-order valence-corrected chi connectivity index (χ3v) is 7.39. The molecule has 9 heteroatoms. The number of aryl methyl sites for hydroxylation is 3. The van der Waals surface area contributed by atoms with Gasteiger partial charge in [-0.3, -0.25) is 14.5 Å². The van der Waals surface area contributed by atoms with Gasteiger partial charge < -0.3 is 10.6 Å². The standard InChI is InChI=1S/C25H25N5O3S/c1-15-6-8-16(9-7-15)13-26-21(31)22-29-28-20(34-22)14-30-23(32)25(2,27-24(30)33)19-11-10-17-4-3-5-18(17)12-19/h6-12H,3-5,13-14H2,1-2H3,(H,26,31)(H,27,33). The maximum absolute atomic E-state index is 13.3. The topological polar surface area (TPSA) is 104 Å². The maximum Gasteiger partial charge on any atom is 0.325 e. The summed E-state index contributed by atoms with van der Waals surface area (Å²) in [4.78, 5) is 39.6. The molecule has 0 bridgehead atoms. The molecule has 34 heavy (non-hydrogen) atoms. The third kappa shape index (κ3) is 4.07. The monoisotopic (exact) mass is 475 g/mol. The van der Waals surface area contributed by atoms with Crippen LogP contribution in [-0.2, 0) is 36.3 Å². The van der Waals surface area contributed by atoms with Crippen LogP contribution in [0.5, 0.6) is 0 Å². The molecule has 2 N–H and O–H groups in total. The van der Waals surface area contributed by atoms with Crippen molar-refractivity contribution >= 4 is 29.2 Å². The van der Waals surface area contributed by atoms with Crippen LogP contribution in [0.3, 0.4) is 0 Å². The molecule has 2 aliphatic rings. The van der Waals surface area contributed by atoms with Crippen molar-refractivity contribution in [3.05, 3.63) is 80.3 Å². The van der Waals surface area contributed by atoms with E-state index in [4.69, 9.17) is 0 Å². The molecule has 2 heterocycles. The Labute approximate surface area is 201 Å². The highest BCUT2D eigenvalue weighted by Crippen LogP contribution is 2.33. The third-order valence-electron chi connectivity index (χ3n) is 6.48. The molecule has 1 aliphatic heterocycles. The summed E-state index contributed by atoms with van der Waals surface area (Å²) in [7, 11) is 0. The fourth-order valence-corrected chi connectivity index (χ4v) is 5.17. The second kappa shape index (κ2) is 8.64. The SMILES string of the molecule is Cc1ccc(CNC(=O)c2nnc(CN3C(=O)NC(C)(c4ccc5c(c4)CCC5)C3=O)s2)cc1. The zero-order chi connectivity index (χ0) is 23.9. The van der Waals surface area contributed by atoms with E-state index in [2.05, 4.69) is 26.9 Å². The van der Waals surface area contributed by atoms with Gasteiger partial charge in [0.15, 0.2) is 0 Å². The van der Waals surface area contributed by atoms with Crippen molar-refractivity contribution in [2.45, 2.75) is 51.7 Å². The largest absolute Gasteiger partial charge is 0.346 e. The molecular weight excluding hydrogens is 450 g/mol. The Hall–Kier alpha value is -3.59. The van der Waals surface area contributed by atoms with Crippen molar-refractivity contribution in [3.8, 4) is 0 Å². The van der Waals surface area contributed by atoms with Gasteiger partial charge in [0.2, 0.25) is 5.01 Å². The number of imide groups is 1. The lowest BCUT2D eigenvalue weighted by atomic mass is 9.90. The zero-order valence-corrected chi connectivity index (χ0v) is 19.9. The van der Waals surface area contributed by atoms with E-state index in [-0.39, 0.29) is 23.4 Å². The molecule has 4 amide bonds.